The van der Waals surface area contributed by atoms with Gasteiger partial charge in [0.05, 0.1) is 0 Å². The number of halogens is 3. The molecule has 0 bridgehead atoms. The lowest BCUT2D eigenvalue weighted by Crippen LogP contribution is -2.08. The Hall–Kier alpha value is -0.540. The standard InChI is InChI=1S/C9H10F3O5PS2/c1-6-4-3-5-7(19-9(10,11)12)8(6)20(14,15)17-18(13)16-2/h3-5,18H,1-2H3. The summed E-state index contributed by atoms with van der Waals surface area (Å²) in [4.78, 5) is -1.22. The third-order valence-electron chi connectivity index (χ3n) is 2.00. The first kappa shape index (κ1) is 17.5. The van der Waals surface area contributed by atoms with Crippen molar-refractivity contribution < 1.29 is 34.6 Å². The first-order chi connectivity index (χ1) is 9.07. The molecule has 1 aromatic rings. The summed E-state index contributed by atoms with van der Waals surface area (Å²) in [5.74, 6) is 0. The van der Waals surface area contributed by atoms with Crippen LogP contribution in [-0.2, 0) is 23.2 Å². The average molecular weight is 350 g/mol. The van der Waals surface area contributed by atoms with Crippen LogP contribution >= 0.6 is 20.0 Å². The summed E-state index contributed by atoms with van der Waals surface area (Å²) in [5.41, 5.74) is -4.62. The van der Waals surface area contributed by atoms with Gasteiger partial charge in [-0.05, 0) is 30.3 Å². The number of aryl methyl sites for hydroxylation is 1. The van der Waals surface area contributed by atoms with Crippen LogP contribution in [0.4, 0.5) is 13.2 Å². The van der Waals surface area contributed by atoms with E-state index in [1.54, 1.807) is 0 Å². The molecule has 1 rings (SSSR count). The van der Waals surface area contributed by atoms with Gasteiger partial charge >= 0.3 is 23.9 Å². The number of benzene rings is 1. The molecule has 0 saturated carbocycles. The Bertz CT molecular complexity index is 614. The summed E-state index contributed by atoms with van der Waals surface area (Å²) in [5, 5.41) is 0. The third kappa shape index (κ3) is 4.78. The summed E-state index contributed by atoms with van der Waals surface area (Å²) in [6, 6.07) is 3.58. The number of hydrogen-bond acceptors (Lipinski definition) is 6. The van der Waals surface area contributed by atoms with E-state index in [1.165, 1.54) is 19.1 Å². The molecule has 0 N–H and O–H groups in total. The second-order valence-electron chi connectivity index (χ2n) is 3.44. The van der Waals surface area contributed by atoms with E-state index in [2.05, 4.69) is 8.49 Å². The predicted octanol–water partition coefficient (Wildman–Crippen LogP) is 3.35. The van der Waals surface area contributed by atoms with Gasteiger partial charge in [0.1, 0.15) is 4.90 Å². The maximum absolute atomic E-state index is 12.4. The van der Waals surface area contributed by atoms with Crippen LogP contribution in [-0.4, -0.2) is 21.0 Å². The lowest BCUT2D eigenvalue weighted by molar-refractivity contribution is -0.0328. The largest absolute Gasteiger partial charge is 0.446 e. The lowest BCUT2D eigenvalue weighted by Gasteiger charge is -2.13. The Morgan fingerprint density at radius 3 is 2.40 bits per heavy atom. The fourth-order valence-electron chi connectivity index (χ4n) is 1.32. The van der Waals surface area contributed by atoms with Crippen LogP contribution in [0, 0.1) is 6.92 Å². The zero-order valence-corrected chi connectivity index (χ0v) is 12.9. The van der Waals surface area contributed by atoms with Gasteiger partial charge in [0, 0.05) is 12.0 Å². The molecular formula is C9H10F3O5PS2. The topological polar surface area (TPSA) is 69.7 Å². The van der Waals surface area contributed by atoms with Gasteiger partial charge in [-0.15, -0.1) is 0 Å². The van der Waals surface area contributed by atoms with E-state index < -0.39 is 45.4 Å². The molecule has 1 unspecified atom stereocenters. The minimum Gasteiger partial charge on any atom is -0.313 e. The number of thioether (sulfide) groups is 1. The highest BCUT2D eigenvalue weighted by Crippen LogP contribution is 2.42. The van der Waals surface area contributed by atoms with E-state index in [0.717, 1.165) is 13.2 Å². The summed E-state index contributed by atoms with van der Waals surface area (Å²) >= 11 is -0.588. The molecule has 0 amide bonds. The van der Waals surface area contributed by atoms with Crippen LogP contribution in [0.2, 0.25) is 0 Å². The van der Waals surface area contributed by atoms with Crippen LogP contribution in [0.3, 0.4) is 0 Å². The minimum atomic E-state index is -4.66. The lowest BCUT2D eigenvalue weighted by atomic mass is 10.2. The van der Waals surface area contributed by atoms with Crippen molar-refractivity contribution in [3.05, 3.63) is 23.8 Å². The van der Waals surface area contributed by atoms with E-state index in [1.807, 2.05) is 0 Å². The Morgan fingerprint density at radius 2 is 1.90 bits per heavy atom. The number of hydrogen-bond donors (Lipinski definition) is 0. The minimum absolute atomic E-state index is 0.0464. The summed E-state index contributed by atoms with van der Waals surface area (Å²) in [6.45, 7) is 1.31. The van der Waals surface area contributed by atoms with Crippen molar-refractivity contribution in [1.29, 1.82) is 0 Å². The van der Waals surface area contributed by atoms with Crippen LogP contribution in [0.1, 0.15) is 5.56 Å². The first-order valence-corrected chi connectivity index (χ1v) is 8.39. The maximum Gasteiger partial charge on any atom is 0.446 e. The summed E-state index contributed by atoms with van der Waals surface area (Å²) in [6.07, 6.45) is 0. The third-order valence-corrected chi connectivity index (χ3v) is 5.71. The van der Waals surface area contributed by atoms with Crippen LogP contribution in [0.15, 0.2) is 28.0 Å². The number of rotatable bonds is 5. The van der Waals surface area contributed by atoms with Crippen LogP contribution in [0.5, 0.6) is 0 Å². The van der Waals surface area contributed by atoms with Crippen molar-refractivity contribution in [2.75, 3.05) is 7.11 Å². The molecule has 0 radical (unpaired) electrons. The number of alkyl halides is 3. The van der Waals surface area contributed by atoms with E-state index in [9.17, 15) is 26.2 Å². The van der Waals surface area contributed by atoms with Crippen molar-refractivity contribution in [1.82, 2.24) is 0 Å². The van der Waals surface area contributed by atoms with Gasteiger partial charge in [0.15, 0.2) is 0 Å². The van der Waals surface area contributed by atoms with Gasteiger partial charge < -0.3 is 4.52 Å². The second kappa shape index (κ2) is 6.48. The fraction of sp³-hybridized carbons (Fsp3) is 0.333. The van der Waals surface area contributed by atoms with Crippen LogP contribution in [0.25, 0.3) is 0 Å². The van der Waals surface area contributed by atoms with Crippen molar-refractivity contribution >= 4 is 30.1 Å². The molecule has 0 fully saturated rings. The van der Waals surface area contributed by atoms with Crippen LogP contribution < -0.4 is 0 Å². The maximum atomic E-state index is 12.4. The molecular weight excluding hydrogens is 340 g/mol. The Morgan fingerprint density at radius 1 is 1.30 bits per heavy atom. The molecule has 0 aliphatic heterocycles. The average Bonchev–Trinajstić information content (AvgIpc) is 2.25. The normalized spacial score (nSPS) is 14.2. The predicted molar refractivity (Wildman–Crippen MR) is 67.4 cm³/mol. The Labute approximate surface area is 118 Å². The van der Waals surface area contributed by atoms with Gasteiger partial charge in [-0.3, -0.25) is 4.57 Å². The van der Waals surface area contributed by atoms with Crippen molar-refractivity contribution in [3.8, 4) is 0 Å². The van der Waals surface area contributed by atoms with Crippen molar-refractivity contribution in [2.24, 2.45) is 0 Å². The molecule has 0 aromatic heterocycles. The summed E-state index contributed by atoms with van der Waals surface area (Å²) in [7, 11) is -7.00. The molecule has 0 aliphatic carbocycles. The summed E-state index contributed by atoms with van der Waals surface area (Å²) < 4.78 is 80.5. The second-order valence-corrected chi connectivity index (χ2v) is 7.44. The molecule has 0 aliphatic rings. The Kier molecular flexibility index (Phi) is 5.68. The molecule has 0 saturated heterocycles. The van der Waals surface area contributed by atoms with E-state index in [-0.39, 0.29) is 5.56 Å². The van der Waals surface area contributed by atoms with E-state index in [0.29, 0.717) is 0 Å². The zero-order chi connectivity index (χ0) is 15.6. The molecule has 1 aromatic carbocycles. The van der Waals surface area contributed by atoms with Gasteiger partial charge in [-0.25, -0.2) is 0 Å². The molecule has 20 heavy (non-hydrogen) atoms. The molecule has 114 valence electrons. The first-order valence-electron chi connectivity index (χ1n) is 4.94. The SMILES string of the molecule is CO[PH](=O)OS(=O)(=O)c1c(C)cccc1SC(F)(F)F. The molecule has 11 heteroatoms. The smallest absolute Gasteiger partial charge is 0.313 e. The van der Waals surface area contributed by atoms with E-state index >= 15 is 0 Å². The van der Waals surface area contributed by atoms with Gasteiger partial charge in [-0.2, -0.15) is 25.6 Å². The quantitative estimate of drug-likeness (QED) is 0.599. The fourth-order valence-corrected chi connectivity index (χ4v) is 4.50. The molecule has 1 atom stereocenters. The van der Waals surface area contributed by atoms with Crippen molar-refractivity contribution in [2.45, 2.75) is 22.2 Å². The highest BCUT2D eigenvalue weighted by Gasteiger charge is 2.34. The van der Waals surface area contributed by atoms with E-state index in [4.69, 9.17) is 0 Å². The molecule has 0 spiro atoms. The van der Waals surface area contributed by atoms with Gasteiger partial charge in [0.2, 0.25) is 0 Å². The molecule has 0 heterocycles. The van der Waals surface area contributed by atoms with Crippen molar-refractivity contribution in [3.63, 3.8) is 0 Å². The monoisotopic (exact) mass is 350 g/mol. The zero-order valence-electron chi connectivity index (χ0n) is 10.2. The highest BCUT2D eigenvalue weighted by molar-refractivity contribution is 8.01. The van der Waals surface area contributed by atoms with Gasteiger partial charge in [0.25, 0.3) is 0 Å². The molecule has 5 nitrogen and oxygen atoms in total. The highest BCUT2D eigenvalue weighted by atomic mass is 32.2. The Balaban J connectivity index is 3.32. The van der Waals surface area contributed by atoms with Gasteiger partial charge in [-0.1, -0.05) is 12.1 Å².